The first-order chi connectivity index (χ1) is 16.5. The minimum absolute atomic E-state index is 0.259. The summed E-state index contributed by atoms with van der Waals surface area (Å²) in [4.78, 5) is 13.3. The van der Waals surface area contributed by atoms with E-state index in [1.165, 1.54) is 9.20 Å². The van der Waals surface area contributed by atoms with E-state index < -0.39 is 0 Å². The van der Waals surface area contributed by atoms with Crippen molar-refractivity contribution >= 4 is 28.8 Å². The standard InChI is InChI=1S/C26H20Cl2N4O2/c1-2-34-23-6-4-3-5-19(23)16-31-26(33)32-25(30-31)24(18-9-13-21(28)14-10-18)22(15-29-32)17-7-11-20(27)12-8-17/h3-15H,2,16H2,1H3. The van der Waals surface area contributed by atoms with Crippen LogP contribution in [0.2, 0.25) is 10.0 Å². The summed E-state index contributed by atoms with van der Waals surface area (Å²) < 4.78 is 8.46. The molecule has 5 rings (SSSR count). The van der Waals surface area contributed by atoms with Crippen LogP contribution in [0.15, 0.2) is 83.8 Å². The normalized spacial score (nSPS) is 11.1. The number of aromatic nitrogens is 4. The van der Waals surface area contributed by atoms with Crippen molar-refractivity contribution in [3.05, 3.63) is 105 Å². The minimum atomic E-state index is -0.334. The highest BCUT2D eigenvalue weighted by Gasteiger charge is 2.19. The lowest BCUT2D eigenvalue weighted by atomic mass is 9.97. The monoisotopic (exact) mass is 490 g/mol. The molecule has 0 radical (unpaired) electrons. The predicted molar refractivity (Wildman–Crippen MR) is 135 cm³/mol. The fourth-order valence-electron chi connectivity index (χ4n) is 3.90. The summed E-state index contributed by atoms with van der Waals surface area (Å²) >= 11 is 12.2. The summed E-state index contributed by atoms with van der Waals surface area (Å²) in [5, 5.41) is 10.4. The Morgan fingerprint density at radius 2 is 1.53 bits per heavy atom. The molecule has 34 heavy (non-hydrogen) atoms. The lowest BCUT2D eigenvalue weighted by molar-refractivity contribution is 0.335. The van der Waals surface area contributed by atoms with Gasteiger partial charge in [0.1, 0.15) is 5.75 Å². The smallest absolute Gasteiger partial charge is 0.367 e. The van der Waals surface area contributed by atoms with Crippen LogP contribution < -0.4 is 10.4 Å². The molecule has 0 amide bonds. The number of fused-ring (bicyclic) bond motifs is 1. The van der Waals surface area contributed by atoms with Crippen molar-refractivity contribution in [2.45, 2.75) is 13.5 Å². The molecule has 0 aliphatic rings. The summed E-state index contributed by atoms with van der Waals surface area (Å²) in [5.74, 6) is 0.724. The first-order valence-corrected chi connectivity index (χ1v) is 11.5. The van der Waals surface area contributed by atoms with Crippen molar-refractivity contribution in [3.8, 4) is 28.0 Å². The average molecular weight is 491 g/mol. The third kappa shape index (κ3) is 4.18. The maximum Gasteiger partial charge on any atom is 0.367 e. The number of halogens is 2. The van der Waals surface area contributed by atoms with Gasteiger partial charge in [-0.1, -0.05) is 65.7 Å². The van der Waals surface area contributed by atoms with Gasteiger partial charge in [-0.15, -0.1) is 5.10 Å². The molecule has 0 saturated heterocycles. The molecular weight excluding hydrogens is 471 g/mol. The van der Waals surface area contributed by atoms with Crippen LogP contribution in [0.4, 0.5) is 0 Å². The molecule has 0 N–H and O–H groups in total. The molecule has 0 atom stereocenters. The second-order valence-electron chi connectivity index (χ2n) is 7.66. The van der Waals surface area contributed by atoms with Gasteiger partial charge >= 0.3 is 5.69 Å². The molecule has 2 aromatic heterocycles. The van der Waals surface area contributed by atoms with Gasteiger partial charge in [-0.05, 0) is 48.4 Å². The highest BCUT2D eigenvalue weighted by Crippen LogP contribution is 2.35. The molecule has 0 aliphatic carbocycles. The van der Waals surface area contributed by atoms with Crippen molar-refractivity contribution in [3.63, 3.8) is 0 Å². The largest absolute Gasteiger partial charge is 0.494 e. The molecule has 0 aliphatic heterocycles. The zero-order chi connectivity index (χ0) is 23.7. The molecule has 0 unspecified atom stereocenters. The number of hydrogen-bond donors (Lipinski definition) is 0. The maximum atomic E-state index is 13.3. The zero-order valence-corrected chi connectivity index (χ0v) is 19.8. The lowest BCUT2D eigenvalue weighted by Crippen LogP contribution is -2.23. The van der Waals surface area contributed by atoms with Crippen LogP contribution in [0, 0.1) is 0 Å². The van der Waals surface area contributed by atoms with E-state index in [9.17, 15) is 4.79 Å². The summed E-state index contributed by atoms with van der Waals surface area (Å²) in [6.45, 7) is 2.72. The summed E-state index contributed by atoms with van der Waals surface area (Å²) in [7, 11) is 0. The fourth-order valence-corrected chi connectivity index (χ4v) is 4.16. The Labute approximate surface area is 206 Å². The second kappa shape index (κ2) is 9.33. The van der Waals surface area contributed by atoms with Crippen molar-refractivity contribution in [2.75, 3.05) is 6.61 Å². The molecule has 0 saturated carbocycles. The van der Waals surface area contributed by atoms with E-state index >= 15 is 0 Å². The predicted octanol–water partition coefficient (Wildman–Crippen LogP) is 5.98. The highest BCUT2D eigenvalue weighted by atomic mass is 35.5. The maximum absolute atomic E-state index is 13.3. The molecule has 0 spiro atoms. The van der Waals surface area contributed by atoms with E-state index in [-0.39, 0.29) is 12.2 Å². The van der Waals surface area contributed by atoms with Crippen LogP contribution >= 0.6 is 23.2 Å². The summed E-state index contributed by atoms with van der Waals surface area (Å²) in [5.41, 5.74) is 4.37. The first-order valence-electron chi connectivity index (χ1n) is 10.8. The number of nitrogens with zero attached hydrogens (tertiary/aromatic N) is 4. The number of ether oxygens (including phenoxy) is 1. The number of benzene rings is 3. The Kier molecular flexibility index (Phi) is 6.09. The van der Waals surface area contributed by atoms with Crippen LogP contribution in [0.25, 0.3) is 27.9 Å². The van der Waals surface area contributed by atoms with Crippen LogP contribution in [0.5, 0.6) is 5.75 Å². The van der Waals surface area contributed by atoms with Gasteiger partial charge in [0.15, 0.2) is 5.65 Å². The van der Waals surface area contributed by atoms with Crippen LogP contribution in [0.1, 0.15) is 12.5 Å². The molecule has 2 heterocycles. The summed E-state index contributed by atoms with van der Waals surface area (Å²) in [6, 6.07) is 22.5. The van der Waals surface area contributed by atoms with Crippen molar-refractivity contribution in [2.24, 2.45) is 0 Å². The first kappa shape index (κ1) is 22.2. The molecule has 6 nitrogen and oxygen atoms in total. The Morgan fingerprint density at radius 1 is 0.882 bits per heavy atom. The Hall–Kier alpha value is -3.61. The Balaban J connectivity index is 1.71. The topological polar surface area (TPSA) is 61.4 Å². The molecule has 0 bridgehead atoms. The van der Waals surface area contributed by atoms with Gasteiger partial charge in [0.2, 0.25) is 0 Å². The van der Waals surface area contributed by atoms with Gasteiger partial charge in [-0.25, -0.2) is 9.48 Å². The average Bonchev–Trinajstić information content (AvgIpc) is 3.16. The minimum Gasteiger partial charge on any atom is -0.494 e. The number of rotatable bonds is 6. The van der Waals surface area contributed by atoms with E-state index in [0.29, 0.717) is 22.3 Å². The molecule has 3 aromatic carbocycles. The lowest BCUT2D eigenvalue weighted by Gasteiger charge is -2.11. The van der Waals surface area contributed by atoms with Gasteiger partial charge < -0.3 is 4.74 Å². The van der Waals surface area contributed by atoms with Crippen LogP contribution in [-0.4, -0.2) is 26.0 Å². The third-order valence-electron chi connectivity index (χ3n) is 5.49. The molecule has 8 heteroatoms. The van der Waals surface area contributed by atoms with Gasteiger partial charge in [-0.2, -0.15) is 9.61 Å². The third-order valence-corrected chi connectivity index (χ3v) is 6.00. The van der Waals surface area contributed by atoms with Crippen molar-refractivity contribution in [1.82, 2.24) is 19.4 Å². The van der Waals surface area contributed by atoms with Gasteiger partial charge in [0.05, 0.1) is 19.3 Å². The highest BCUT2D eigenvalue weighted by molar-refractivity contribution is 6.31. The quantitative estimate of drug-likeness (QED) is 0.293. The molecule has 0 fully saturated rings. The van der Waals surface area contributed by atoms with Crippen molar-refractivity contribution < 1.29 is 4.74 Å². The van der Waals surface area contributed by atoms with Gasteiger partial charge in [-0.3, -0.25) is 0 Å². The van der Waals surface area contributed by atoms with Crippen molar-refractivity contribution in [1.29, 1.82) is 0 Å². The fraction of sp³-hybridized carbons (Fsp3) is 0.115. The van der Waals surface area contributed by atoms with Gasteiger partial charge in [0.25, 0.3) is 0 Å². The van der Waals surface area contributed by atoms with E-state index in [1.54, 1.807) is 6.20 Å². The Morgan fingerprint density at radius 3 is 2.21 bits per heavy atom. The molecule has 170 valence electrons. The van der Waals surface area contributed by atoms with E-state index in [2.05, 4.69) is 5.10 Å². The molecular formula is C26H20Cl2N4O2. The summed E-state index contributed by atoms with van der Waals surface area (Å²) in [6.07, 6.45) is 1.68. The van der Waals surface area contributed by atoms with E-state index in [1.807, 2.05) is 79.7 Å². The molecule has 5 aromatic rings. The van der Waals surface area contributed by atoms with Gasteiger partial charge in [0, 0.05) is 26.7 Å². The van der Waals surface area contributed by atoms with Crippen LogP contribution in [-0.2, 0) is 6.54 Å². The Bertz CT molecular complexity index is 1520. The zero-order valence-electron chi connectivity index (χ0n) is 18.3. The second-order valence-corrected chi connectivity index (χ2v) is 8.54. The SMILES string of the molecule is CCOc1ccccc1Cn1nc2c(-c3ccc(Cl)cc3)c(-c3ccc(Cl)cc3)cnn2c1=O. The van der Waals surface area contributed by atoms with E-state index in [0.717, 1.165) is 33.6 Å². The number of para-hydroxylation sites is 1. The van der Waals surface area contributed by atoms with E-state index in [4.69, 9.17) is 33.0 Å². The van der Waals surface area contributed by atoms with Crippen LogP contribution in [0.3, 0.4) is 0 Å². The number of hydrogen-bond acceptors (Lipinski definition) is 4.